The highest BCUT2D eigenvalue weighted by Crippen LogP contribution is 2.14. The number of carbonyl (C=O) groups is 1. The minimum Gasteiger partial charge on any atom is -0.379 e. The van der Waals surface area contributed by atoms with Gasteiger partial charge >= 0.3 is 0 Å². The standard InChI is InChI=1S/C18H23N3O3/c1-14-7-9-21(20-14)11-18(22)19-16-8-10-23-13-17(16)24-12-15-5-3-2-4-6-15/h2-7,9,16-17H,8,10-13H2,1H3,(H,19,22)/t16-,17-/m1/s1. The summed E-state index contributed by atoms with van der Waals surface area (Å²) in [4.78, 5) is 12.2. The molecular formula is C18H23N3O3. The van der Waals surface area contributed by atoms with Crippen molar-refractivity contribution < 1.29 is 14.3 Å². The van der Waals surface area contributed by atoms with E-state index in [0.29, 0.717) is 19.8 Å². The number of hydrogen-bond donors (Lipinski definition) is 1. The third kappa shape index (κ3) is 4.66. The lowest BCUT2D eigenvalue weighted by atomic mass is 10.1. The Bertz CT molecular complexity index is 657. The Morgan fingerprint density at radius 3 is 2.96 bits per heavy atom. The number of ether oxygens (including phenoxy) is 2. The lowest BCUT2D eigenvalue weighted by Crippen LogP contribution is -2.50. The Morgan fingerprint density at radius 1 is 1.38 bits per heavy atom. The largest absolute Gasteiger partial charge is 0.379 e. The van der Waals surface area contributed by atoms with Crippen LogP contribution in [0.1, 0.15) is 17.7 Å². The number of amides is 1. The van der Waals surface area contributed by atoms with Gasteiger partial charge in [-0.1, -0.05) is 30.3 Å². The van der Waals surface area contributed by atoms with Gasteiger partial charge in [-0.05, 0) is 25.0 Å². The molecule has 3 rings (SSSR count). The monoisotopic (exact) mass is 329 g/mol. The van der Waals surface area contributed by atoms with E-state index in [1.165, 1.54) is 0 Å². The SMILES string of the molecule is Cc1ccn(CC(=O)N[C@@H]2CCOC[C@H]2OCc2ccccc2)n1. The predicted octanol–water partition coefficient (Wildman–Crippen LogP) is 1.68. The van der Waals surface area contributed by atoms with Gasteiger partial charge in [0.1, 0.15) is 12.6 Å². The second kappa shape index (κ2) is 8.08. The van der Waals surface area contributed by atoms with Gasteiger partial charge < -0.3 is 14.8 Å². The van der Waals surface area contributed by atoms with E-state index in [2.05, 4.69) is 10.4 Å². The van der Waals surface area contributed by atoms with Crippen LogP contribution in [0.5, 0.6) is 0 Å². The Morgan fingerprint density at radius 2 is 2.21 bits per heavy atom. The van der Waals surface area contributed by atoms with Crippen molar-refractivity contribution in [2.75, 3.05) is 13.2 Å². The molecule has 6 heteroatoms. The summed E-state index contributed by atoms with van der Waals surface area (Å²) in [5.74, 6) is -0.0571. The number of aromatic nitrogens is 2. The lowest BCUT2D eigenvalue weighted by molar-refractivity contribution is -0.127. The number of benzene rings is 1. The number of rotatable bonds is 6. The minimum absolute atomic E-state index is 0.0355. The van der Waals surface area contributed by atoms with Crippen LogP contribution in [0.3, 0.4) is 0 Å². The highest BCUT2D eigenvalue weighted by atomic mass is 16.5. The Labute approximate surface area is 141 Å². The molecule has 1 aliphatic heterocycles. The summed E-state index contributed by atoms with van der Waals surface area (Å²) in [5.41, 5.74) is 2.01. The number of nitrogens with one attached hydrogen (secondary N) is 1. The molecule has 0 aliphatic carbocycles. The first kappa shape index (κ1) is 16.7. The average Bonchev–Trinajstić information content (AvgIpc) is 3.00. The fourth-order valence-corrected chi connectivity index (χ4v) is 2.77. The molecule has 0 unspecified atom stereocenters. The number of hydrogen-bond acceptors (Lipinski definition) is 4. The third-order valence-corrected chi connectivity index (χ3v) is 4.04. The fraction of sp³-hybridized carbons (Fsp3) is 0.444. The van der Waals surface area contributed by atoms with Crippen LogP contribution in [0.25, 0.3) is 0 Å². The molecule has 2 heterocycles. The van der Waals surface area contributed by atoms with Crippen molar-refractivity contribution in [3.05, 3.63) is 53.9 Å². The Balaban J connectivity index is 1.52. The fourth-order valence-electron chi connectivity index (χ4n) is 2.77. The van der Waals surface area contributed by atoms with Gasteiger partial charge in [-0.25, -0.2) is 0 Å². The van der Waals surface area contributed by atoms with E-state index in [1.54, 1.807) is 4.68 Å². The van der Waals surface area contributed by atoms with Gasteiger partial charge in [0.05, 0.1) is 24.9 Å². The second-order valence-electron chi connectivity index (χ2n) is 6.03. The van der Waals surface area contributed by atoms with Crippen molar-refractivity contribution in [2.45, 2.75) is 38.6 Å². The van der Waals surface area contributed by atoms with Crippen LogP contribution in [-0.4, -0.2) is 41.0 Å². The van der Waals surface area contributed by atoms with E-state index in [9.17, 15) is 4.79 Å². The van der Waals surface area contributed by atoms with Gasteiger partial charge in [0, 0.05) is 12.8 Å². The predicted molar refractivity (Wildman–Crippen MR) is 89.3 cm³/mol. The first-order chi connectivity index (χ1) is 11.7. The molecule has 1 saturated heterocycles. The Hall–Kier alpha value is -2.18. The van der Waals surface area contributed by atoms with Gasteiger partial charge in [-0.15, -0.1) is 0 Å². The van der Waals surface area contributed by atoms with Crippen molar-refractivity contribution in [3.8, 4) is 0 Å². The van der Waals surface area contributed by atoms with E-state index in [4.69, 9.17) is 9.47 Å². The maximum atomic E-state index is 12.2. The number of aryl methyl sites for hydroxylation is 1. The molecule has 2 atom stereocenters. The molecular weight excluding hydrogens is 306 g/mol. The number of carbonyl (C=O) groups excluding carboxylic acids is 1. The molecule has 1 fully saturated rings. The second-order valence-corrected chi connectivity index (χ2v) is 6.03. The zero-order chi connectivity index (χ0) is 16.8. The summed E-state index contributed by atoms with van der Waals surface area (Å²) < 4.78 is 13.1. The summed E-state index contributed by atoms with van der Waals surface area (Å²) in [6, 6.07) is 11.9. The molecule has 1 N–H and O–H groups in total. The van der Waals surface area contributed by atoms with Crippen LogP contribution < -0.4 is 5.32 Å². The van der Waals surface area contributed by atoms with Crippen LogP contribution in [0.4, 0.5) is 0 Å². The number of nitrogens with zero attached hydrogens (tertiary/aromatic N) is 2. The molecule has 1 aromatic carbocycles. The van der Waals surface area contributed by atoms with Gasteiger partial charge in [0.25, 0.3) is 0 Å². The van der Waals surface area contributed by atoms with Crippen molar-refractivity contribution >= 4 is 5.91 Å². The molecule has 1 aliphatic rings. The van der Waals surface area contributed by atoms with E-state index in [-0.39, 0.29) is 24.6 Å². The van der Waals surface area contributed by atoms with Crippen molar-refractivity contribution in [1.29, 1.82) is 0 Å². The summed E-state index contributed by atoms with van der Waals surface area (Å²) in [7, 11) is 0. The van der Waals surface area contributed by atoms with Gasteiger partial charge in [0.2, 0.25) is 5.91 Å². The van der Waals surface area contributed by atoms with Crippen molar-refractivity contribution in [1.82, 2.24) is 15.1 Å². The third-order valence-electron chi connectivity index (χ3n) is 4.04. The zero-order valence-corrected chi connectivity index (χ0v) is 13.9. The van der Waals surface area contributed by atoms with Gasteiger partial charge in [0.15, 0.2) is 0 Å². The molecule has 2 aromatic rings. The summed E-state index contributed by atoms with van der Waals surface area (Å²) in [6.07, 6.45) is 2.42. The Kier molecular flexibility index (Phi) is 5.61. The smallest absolute Gasteiger partial charge is 0.242 e. The topological polar surface area (TPSA) is 65.4 Å². The molecule has 1 aromatic heterocycles. The minimum atomic E-state index is -0.137. The van der Waals surface area contributed by atoms with Crippen LogP contribution in [0.15, 0.2) is 42.6 Å². The van der Waals surface area contributed by atoms with Gasteiger partial charge in [-0.2, -0.15) is 5.10 Å². The van der Waals surface area contributed by atoms with Gasteiger partial charge in [-0.3, -0.25) is 9.48 Å². The molecule has 6 nitrogen and oxygen atoms in total. The molecule has 0 saturated carbocycles. The van der Waals surface area contributed by atoms with E-state index in [0.717, 1.165) is 17.7 Å². The molecule has 0 radical (unpaired) electrons. The summed E-state index contributed by atoms with van der Waals surface area (Å²) in [6.45, 7) is 3.77. The normalized spacial score (nSPS) is 20.7. The molecule has 128 valence electrons. The first-order valence-electron chi connectivity index (χ1n) is 8.23. The maximum Gasteiger partial charge on any atom is 0.242 e. The van der Waals surface area contributed by atoms with Crippen LogP contribution >= 0.6 is 0 Å². The molecule has 0 bridgehead atoms. The first-order valence-corrected chi connectivity index (χ1v) is 8.23. The maximum absolute atomic E-state index is 12.2. The van der Waals surface area contributed by atoms with E-state index in [1.807, 2.05) is 49.5 Å². The van der Waals surface area contributed by atoms with Crippen molar-refractivity contribution in [2.24, 2.45) is 0 Å². The zero-order valence-electron chi connectivity index (χ0n) is 13.9. The highest BCUT2D eigenvalue weighted by Gasteiger charge is 2.28. The van der Waals surface area contributed by atoms with Crippen LogP contribution in [0.2, 0.25) is 0 Å². The van der Waals surface area contributed by atoms with E-state index >= 15 is 0 Å². The average molecular weight is 329 g/mol. The lowest BCUT2D eigenvalue weighted by Gasteiger charge is -2.32. The summed E-state index contributed by atoms with van der Waals surface area (Å²) in [5, 5.41) is 7.30. The van der Waals surface area contributed by atoms with Crippen LogP contribution in [-0.2, 0) is 27.4 Å². The molecule has 24 heavy (non-hydrogen) atoms. The molecule has 1 amide bonds. The highest BCUT2D eigenvalue weighted by molar-refractivity contribution is 5.76. The summed E-state index contributed by atoms with van der Waals surface area (Å²) >= 11 is 0. The van der Waals surface area contributed by atoms with E-state index < -0.39 is 0 Å². The quantitative estimate of drug-likeness (QED) is 0.876. The van der Waals surface area contributed by atoms with Crippen LogP contribution in [0, 0.1) is 6.92 Å². The van der Waals surface area contributed by atoms with Crippen molar-refractivity contribution in [3.63, 3.8) is 0 Å². The molecule has 0 spiro atoms.